The molecule has 0 fully saturated rings. The molecule has 1 N–H and O–H groups in total. The van der Waals surface area contributed by atoms with E-state index in [1.165, 1.54) is 12.5 Å². The van der Waals surface area contributed by atoms with Gasteiger partial charge in [0.25, 0.3) is 0 Å². The maximum Gasteiger partial charge on any atom is 0.236 e. The molecule has 0 aliphatic heterocycles. The van der Waals surface area contributed by atoms with Crippen LogP contribution in [0.1, 0.15) is 38.8 Å². The molecule has 0 saturated heterocycles. The van der Waals surface area contributed by atoms with Gasteiger partial charge in [-0.3, -0.25) is 4.79 Å². The number of amides is 1. The number of carbonyl (C=O) groups is 1. The van der Waals surface area contributed by atoms with Gasteiger partial charge >= 0.3 is 0 Å². The summed E-state index contributed by atoms with van der Waals surface area (Å²) in [4.78, 5) is 10.7. The van der Waals surface area contributed by atoms with E-state index in [9.17, 15) is 4.79 Å². The summed E-state index contributed by atoms with van der Waals surface area (Å²) in [6.07, 6.45) is 1.58. The summed E-state index contributed by atoms with van der Waals surface area (Å²) in [6, 6.07) is 15.6. The van der Waals surface area contributed by atoms with E-state index in [1.807, 2.05) is 36.4 Å². The number of benzene rings is 2. The lowest BCUT2D eigenvalue weighted by molar-refractivity contribution is -0.118. The fourth-order valence-corrected chi connectivity index (χ4v) is 2.22. The Hall–Kier alpha value is -2.82. The highest BCUT2D eigenvalue weighted by Crippen LogP contribution is 2.24. The minimum Gasteiger partial charge on any atom is -0.490 e. The van der Waals surface area contributed by atoms with Gasteiger partial charge < -0.3 is 9.47 Å². The summed E-state index contributed by atoms with van der Waals surface area (Å²) in [6.45, 7) is 8.91. The van der Waals surface area contributed by atoms with Crippen molar-refractivity contribution in [3.63, 3.8) is 0 Å². The predicted octanol–water partition coefficient (Wildman–Crippen LogP) is 3.91. The number of rotatable bonds is 7. The zero-order valence-electron chi connectivity index (χ0n) is 15.8. The van der Waals surface area contributed by atoms with Crippen LogP contribution in [0.15, 0.2) is 53.6 Å². The molecule has 26 heavy (non-hydrogen) atoms. The van der Waals surface area contributed by atoms with Crippen LogP contribution in [-0.2, 0) is 10.2 Å². The maximum absolute atomic E-state index is 10.7. The van der Waals surface area contributed by atoms with Crippen molar-refractivity contribution in [2.75, 3.05) is 13.2 Å². The monoisotopic (exact) mass is 354 g/mol. The number of hydrogen-bond acceptors (Lipinski definition) is 4. The van der Waals surface area contributed by atoms with Gasteiger partial charge in [0.1, 0.15) is 24.7 Å². The third-order valence-electron chi connectivity index (χ3n) is 3.66. The van der Waals surface area contributed by atoms with Crippen molar-refractivity contribution in [3.8, 4) is 11.5 Å². The number of nitrogens with one attached hydrogen (secondary N) is 1. The molecular formula is C21H26N2O3. The van der Waals surface area contributed by atoms with Crippen molar-refractivity contribution >= 4 is 12.1 Å². The fraction of sp³-hybridized carbons (Fsp3) is 0.333. The SMILES string of the molecule is CC(=O)N/N=C\c1ccc(OCCOc2ccc(C(C)(C)C)cc2)cc1. The van der Waals surface area contributed by atoms with Crippen LogP contribution in [-0.4, -0.2) is 25.3 Å². The van der Waals surface area contributed by atoms with Crippen molar-refractivity contribution in [1.82, 2.24) is 5.43 Å². The Kier molecular flexibility index (Phi) is 6.78. The van der Waals surface area contributed by atoms with E-state index in [2.05, 4.69) is 43.4 Å². The first-order chi connectivity index (χ1) is 12.3. The van der Waals surface area contributed by atoms with E-state index in [1.54, 1.807) is 6.21 Å². The minimum atomic E-state index is -0.200. The average Bonchev–Trinajstić information content (AvgIpc) is 2.59. The fourth-order valence-electron chi connectivity index (χ4n) is 2.22. The van der Waals surface area contributed by atoms with Gasteiger partial charge in [-0.1, -0.05) is 32.9 Å². The average molecular weight is 354 g/mol. The molecule has 0 spiro atoms. The van der Waals surface area contributed by atoms with Crippen LogP contribution in [0, 0.1) is 0 Å². The second kappa shape index (κ2) is 9.04. The second-order valence-electron chi connectivity index (χ2n) is 6.97. The smallest absolute Gasteiger partial charge is 0.236 e. The molecule has 5 nitrogen and oxygen atoms in total. The molecule has 2 aromatic rings. The van der Waals surface area contributed by atoms with Crippen LogP contribution in [0.5, 0.6) is 11.5 Å². The Morgan fingerprint density at radius 2 is 1.46 bits per heavy atom. The summed E-state index contributed by atoms with van der Waals surface area (Å²) >= 11 is 0. The summed E-state index contributed by atoms with van der Waals surface area (Å²) in [5.41, 5.74) is 4.66. The van der Waals surface area contributed by atoms with Crippen molar-refractivity contribution in [3.05, 3.63) is 59.7 Å². The number of hydrazone groups is 1. The molecule has 0 radical (unpaired) electrons. The van der Waals surface area contributed by atoms with Crippen LogP contribution >= 0.6 is 0 Å². The highest BCUT2D eigenvalue weighted by atomic mass is 16.5. The number of nitrogens with zero attached hydrogens (tertiary/aromatic N) is 1. The van der Waals surface area contributed by atoms with Gasteiger partial charge in [-0.25, -0.2) is 5.43 Å². The maximum atomic E-state index is 10.7. The van der Waals surface area contributed by atoms with Gasteiger partial charge in [-0.2, -0.15) is 5.10 Å². The Morgan fingerprint density at radius 1 is 0.962 bits per heavy atom. The van der Waals surface area contributed by atoms with E-state index in [-0.39, 0.29) is 11.3 Å². The Balaban J connectivity index is 1.74. The number of ether oxygens (including phenoxy) is 2. The molecule has 0 aliphatic carbocycles. The minimum absolute atomic E-state index is 0.140. The van der Waals surface area contributed by atoms with Crippen LogP contribution in [0.25, 0.3) is 0 Å². The van der Waals surface area contributed by atoms with E-state index in [0.29, 0.717) is 13.2 Å². The third kappa shape index (κ3) is 6.59. The zero-order valence-corrected chi connectivity index (χ0v) is 15.8. The van der Waals surface area contributed by atoms with Crippen molar-refractivity contribution < 1.29 is 14.3 Å². The van der Waals surface area contributed by atoms with Crippen LogP contribution in [0.2, 0.25) is 0 Å². The molecular weight excluding hydrogens is 328 g/mol. The molecule has 0 atom stereocenters. The molecule has 138 valence electrons. The lowest BCUT2D eigenvalue weighted by Crippen LogP contribution is -2.12. The first kappa shape index (κ1) is 19.5. The van der Waals surface area contributed by atoms with E-state index in [4.69, 9.17) is 9.47 Å². The summed E-state index contributed by atoms with van der Waals surface area (Å²) < 4.78 is 11.4. The van der Waals surface area contributed by atoms with Gasteiger partial charge in [-0.15, -0.1) is 0 Å². The molecule has 2 rings (SSSR count). The predicted molar refractivity (Wildman–Crippen MR) is 104 cm³/mol. The molecule has 0 unspecified atom stereocenters. The van der Waals surface area contributed by atoms with Gasteiger partial charge in [0.05, 0.1) is 6.21 Å². The molecule has 0 saturated carbocycles. The molecule has 0 aromatic heterocycles. The summed E-state index contributed by atoms with van der Waals surface area (Å²) in [5.74, 6) is 1.40. The molecule has 0 bridgehead atoms. The molecule has 0 heterocycles. The highest BCUT2D eigenvalue weighted by Gasteiger charge is 2.12. The van der Waals surface area contributed by atoms with Gasteiger partial charge in [0, 0.05) is 6.92 Å². The van der Waals surface area contributed by atoms with E-state index in [0.717, 1.165) is 17.1 Å². The summed E-state index contributed by atoms with van der Waals surface area (Å²) in [5, 5.41) is 3.82. The van der Waals surface area contributed by atoms with Crippen LogP contribution < -0.4 is 14.9 Å². The Bertz CT molecular complexity index is 729. The Labute approximate surface area is 155 Å². The lowest BCUT2D eigenvalue weighted by Gasteiger charge is -2.19. The molecule has 1 amide bonds. The zero-order chi connectivity index (χ0) is 19.0. The normalized spacial score (nSPS) is 11.4. The lowest BCUT2D eigenvalue weighted by atomic mass is 9.87. The summed E-state index contributed by atoms with van der Waals surface area (Å²) in [7, 11) is 0. The second-order valence-corrected chi connectivity index (χ2v) is 6.97. The standard InChI is InChI=1S/C21H26N2O3/c1-16(24)23-22-15-17-5-9-19(10-6-17)25-13-14-26-20-11-7-18(8-12-20)21(2,3)4/h5-12,15H,13-14H2,1-4H3,(H,23,24)/b22-15-. The first-order valence-electron chi connectivity index (χ1n) is 8.60. The third-order valence-corrected chi connectivity index (χ3v) is 3.66. The molecule has 2 aromatic carbocycles. The van der Waals surface area contributed by atoms with E-state index < -0.39 is 0 Å². The van der Waals surface area contributed by atoms with Gasteiger partial charge in [-0.05, 0) is 52.9 Å². The topological polar surface area (TPSA) is 59.9 Å². The largest absolute Gasteiger partial charge is 0.490 e. The van der Waals surface area contributed by atoms with Crippen molar-refractivity contribution in [1.29, 1.82) is 0 Å². The van der Waals surface area contributed by atoms with Gasteiger partial charge in [0.2, 0.25) is 5.91 Å². The van der Waals surface area contributed by atoms with Crippen molar-refractivity contribution in [2.45, 2.75) is 33.1 Å². The molecule has 0 aliphatic rings. The number of carbonyl (C=O) groups excluding carboxylic acids is 1. The quantitative estimate of drug-likeness (QED) is 0.466. The first-order valence-corrected chi connectivity index (χ1v) is 8.60. The van der Waals surface area contributed by atoms with Crippen molar-refractivity contribution in [2.24, 2.45) is 5.10 Å². The van der Waals surface area contributed by atoms with Crippen LogP contribution in [0.4, 0.5) is 0 Å². The molecule has 5 heteroatoms. The highest BCUT2D eigenvalue weighted by molar-refractivity contribution is 5.81. The van der Waals surface area contributed by atoms with E-state index >= 15 is 0 Å². The number of hydrogen-bond donors (Lipinski definition) is 1. The Morgan fingerprint density at radius 3 is 1.92 bits per heavy atom. The van der Waals surface area contributed by atoms with Gasteiger partial charge in [0.15, 0.2) is 0 Å². The van der Waals surface area contributed by atoms with Crippen LogP contribution in [0.3, 0.4) is 0 Å².